The molecular weight excluding hydrogens is 691 g/mol. The fourth-order valence-corrected chi connectivity index (χ4v) is 8.79. The molecule has 4 aromatic carbocycles. The normalized spacial score (nSPS) is 16.1. The van der Waals surface area contributed by atoms with E-state index in [1.54, 1.807) is 16.7 Å². The van der Waals surface area contributed by atoms with Gasteiger partial charge in [0.2, 0.25) is 11.8 Å². The molecule has 1 unspecified atom stereocenters. The molecule has 1 aliphatic heterocycles. The van der Waals surface area contributed by atoms with Crippen LogP contribution in [-0.4, -0.2) is 81.4 Å². The van der Waals surface area contributed by atoms with Gasteiger partial charge < -0.3 is 25.7 Å². The lowest BCUT2D eigenvalue weighted by Gasteiger charge is -2.39. The number of aliphatic hydroxyl groups excluding tert-OH is 1. The molecule has 8 nitrogen and oxygen atoms in total. The first kappa shape index (κ1) is 39.1. The van der Waals surface area contributed by atoms with Gasteiger partial charge in [-0.3, -0.25) is 9.59 Å². The van der Waals surface area contributed by atoms with Gasteiger partial charge >= 0.3 is 5.97 Å². The van der Waals surface area contributed by atoms with E-state index in [1.807, 2.05) is 99.0 Å². The predicted molar refractivity (Wildman–Crippen MR) is 211 cm³/mol. The van der Waals surface area contributed by atoms with E-state index in [0.29, 0.717) is 11.5 Å². The minimum atomic E-state index is -1.10. The number of fused-ring (bicyclic) bond motifs is 1. The third-order valence-electron chi connectivity index (χ3n) is 9.60. The van der Waals surface area contributed by atoms with Crippen molar-refractivity contribution in [2.24, 2.45) is 5.92 Å². The van der Waals surface area contributed by atoms with Crippen LogP contribution in [0.2, 0.25) is 0 Å². The van der Waals surface area contributed by atoms with E-state index in [1.165, 1.54) is 11.8 Å². The van der Waals surface area contributed by atoms with Crippen LogP contribution < -0.4 is 10.6 Å². The number of nitrogens with one attached hydrogen (secondary N) is 2. The highest BCUT2D eigenvalue weighted by atomic mass is 32.2. The number of amides is 2. The largest absolute Gasteiger partial charge is 0.480 e. The molecule has 10 heteroatoms. The molecule has 0 bridgehead atoms. The van der Waals surface area contributed by atoms with Gasteiger partial charge in [0.15, 0.2) is 0 Å². The van der Waals surface area contributed by atoms with Crippen LogP contribution >= 0.6 is 23.5 Å². The van der Waals surface area contributed by atoms with Crippen molar-refractivity contribution in [2.75, 3.05) is 24.3 Å². The molecule has 0 fully saturated rings. The summed E-state index contributed by atoms with van der Waals surface area (Å²) in [6, 6.07) is 36.1. The first-order chi connectivity index (χ1) is 25.1. The van der Waals surface area contributed by atoms with E-state index >= 15 is 0 Å². The van der Waals surface area contributed by atoms with Crippen molar-refractivity contribution in [3.05, 3.63) is 143 Å². The van der Waals surface area contributed by atoms with Gasteiger partial charge in [-0.1, -0.05) is 129 Å². The maximum atomic E-state index is 14.4. The monoisotopic (exact) mass is 739 g/mol. The molecule has 0 aliphatic carbocycles. The number of carbonyl (C=O) groups excluding carboxylic acids is 2. The number of rotatable bonds is 17. The summed E-state index contributed by atoms with van der Waals surface area (Å²) in [5, 5.41) is 27.4. The van der Waals surface area contributed by atoms with Crippen LogP contribution in [0.5, 0.6) is 0 Å². The Morgan fingerprint density at radius 3 is 1.85 bits per heavy atom. The number of aliphatic hydroxyl groups is 1. The second-order valence-corrected chi connectivity index (χ2v) is 15.7. The van der Waals surface area contributed by atoms with Crippen LogP contribution in [0.4, 0.5) is 0 Å². The number of thioether (sulfide) groups is 2. The molecule has 274 valence electrons. The Morgan fingerprint density at radius 2 is 1.35 bits per heavy atom. The second-order valence-electron chi connectivity index (χ2n) is 13.5. The topological polar surface area (TPSA) is 119 Å². The highest BCUT2D eigenvalue weighted by Crippen LogP contribution is 2.48. The van der Waals surface area contributed by atoms with Gasteiger partial charge in [-0.15, -0.1) is 11.8 Å². The molecule has 1 aliphatic rings. The molecule has 2 amide bonds. The average Bonchev–Trinajstić information content (AvgIpc) is 3.17. The number of carboxylic acids is 1. The summed E-state index contributed by atoms with van der Waals surface area (Å²) >= 11 is 3.17. The Kier molecular flexibility index (Phi) is 14.0. The van der Waals surface area contributed by atoms with E-state index < -0.39 is 40.9 Å². The Bertz CT molecular complexity index is 1660. The number of hydrogen-bond acceptors (Lipinski definition) is 7. The maximum Gasteiger partial charge on any atom is 0.326 e. The van der Waals surface area contributed by atoms with Crippen molar-refractivity contribution in [2.45, 2.75) is 62.2 Å². The third kappa shape index (κ3) is 9.28. The molecule has 0 radical (unpaired) electrons. The van der Waals surface area contributed by atoms with E-state index in [4.69, 9.17) is 0 Å². The van der Waals surface area contributed by atoms with Gasteiger partial charge in [0.25, 0.3) is 0 Å². The Labute approximate surface area is 315 Å². The van der Waals surface area contributed by atoms with Crippen LogP contribution in [0.15, 0.2) is 115 Å². The van der Waals surface area contributed by atoms with Crippen molar-refractivity contribution in [1.29, 1.82) is 0 Å². The highest BCUT2D eigenvalue weighted by Gasteiger charge is 2.40. The van der Waals surface area contributed by atoms with Crippen LogP contribution in [-0.2, 0) is 32.1 Å². The predicted octanol–water partition coefficient (Wildman–Crippen LogP) is 5.96. The lowest BCUT2D eigenvalue weighted by molar-refractivity contribution is -0.147. The van der Waals surface area contributed by atoms with Crippen LogP contribution in [0.3, 0.4) is 0 Å². The van der Waals surface area contributed by atoms with Crippen molar-refractivity contribution in [3.8, 4) is 0 Å². The molecule has 0 saturated carbocycles. The lowest BCUT2D eigenvalue weighted by Crippen LogP contribution is -2.60. The van der Waals surface area contributed by atoms with Crippen LogP contribution in [0.1, 0.15) is 48.1 Å². The number of benzene rings is 4. The first-order valence-electron chi connectivity index (χ1n) is 17.8. The van der Waals surface area contributed by atoms with E-state index in [2.05, 4.69) is 47.0 Å². The number of aliphatic carboxylic acids is 1. The average molecular weight is 740 g/mol. The zero-order valence-electron chi connectivity index (χ0n) is 30.0. The summed E-state index contributed by atoms with van der Waals surface area (Å²) < 4.78 is -0.594. The quantitative estimate of drug-likeness (QED) is 0.0981. The number of carboxylic acid groups (broad SMARTS) is 1. The van der Waals surface area contributed by atoms with Crippen molar-refractivity contribution >= 4 is 41.3 Å². The summed E-state index contributed by atoms with van der Waals surface area (Å²) in [6.45, 7) is 4.27. The summed E-state index contributed by atoms with van der Waals surface area (Å²) in [7, 11) is 0. The summed E-state index contributed by atoms with van der Waals surface area (Å²) in [5.41, 5.74) is 5.21. The van der Waals surface area contributed by atoms with Gasteiger partial charge in [-0.05, 0) is 52.2 Å². The smallest absolute Gasteiger partial charge is 0.326 e. The Balaban J connectivity index is 1.35. The first-order valence-corrected chi connectivity index (χ1v) is 20.1. The molecule has 4 aromatic rings. The number of hydrogen-bond donors (Lipinski definition) is 4. The van der Waals surface area contributed by atoms with Gasteiger partial charge in [0.1, 0.15) is 12.1 Å². The molecular formula is C42H49N3O5S2. The molecule has 4 atom stereocenters. The highest BCUT2D eigenvalue weighted by molar-refractivity contribution is 8.00. The Morgan fingerprint density at radius 1 is 0.827 bits per heavy atom. The third-order valence-corrected chi connectivity index (χ3v) is 11.9. The molecule has 0 spiro atoms. The minimum Gasteiger partial charge on any atom is -0.480 e. The molecule has 4 N–H and O–H groups in total. The van der Waals surface area contributed by atoms with Crippen LogP contribution in [0, 0.1) is 5.92 Å². The van der Waals surface area contributed by atoms with Crippen molar-refractivity contribution < 1.29 is 24.6 Å². The van der Waals surface area contributed by atoms with Gasteiger partial charge in [0, 0.05) is 25.3 Å². The molecule has 1 heterocycles. The molecule has 52 heavy (non-hydrogen) atoms. The van der Waals surface area contributed by atoms with Crippen LogP contribution in [0.25, 0.3) is 0 Å². The second kappa shape index (κ2) is 18.6. The fourth-order valence-electron chi connectivity index (χ4n) is 6.85. The van der Waals surface area contributed by atoms with E-state index in [0.717, 1.165) is 27.8 Å². The fraction of sp³-hybridized carbons (Fsp3) is 0.357. The molecule has 5 rings (SSSR count). The summed E-state index contributed by atoms with van der Waals surface area (Å²) in [5.74, 6) is -1.03. The zero-order chi connectivity index (χ0) is 37.1. The molecule has 0 aromatic heterocycles. The van der Waals surface area contributed by atoms with Crippen molar-refractivity contribution in [3.63, 3.8) is 0 Å². The number of carbonyl (C=O) groups is 3. The zero-order valence-corrected chi connectivity index (χ0v) is 31.6. The minimum absolute atomic E-state index is 0.154. The molecule has 0 saturated heterocycles. The van der Waals surface area contributed by atoms with Gasteiger partial charge in [-0.2, -0.15) is 11.8 Å². The van der Waals surface area contributed by atoms with E-state index in [9.17, 15) is 24.6 Å². The van der Waals surface area contributed by atoms with Crippen molar-refractivity contribution in [1.82, 2.24) is 15.5 Å². The standard InChI is InChI=1S/C42H49N3O5S2/c1-29(2)38(40(48)45-27-31-16-14-13-15-30(31)25-37(45)39(47)44-36(41(49)50)23-24-51-3)43-26-35(46)28-52-42(32-17-7-4-8-18-32,33-19-9-5-10-20-33)34-21-11-6-12-22-34/h4-22,29,35-38,43,46H,23-28H2,1-3H3,(H,44,47)(H,49,50)/t35-,36-,37?,38-/m0/s1. The summed E-state index contributed by atoms with van der Waals surface area (Å²) in [6.07, 6.45) is 1.66. The summed E-state index contributed by atoms with van der Waals surface area (Å²) in [4.78, 5) is 41.7. The SMILES string of the molecule is CSCC[C@H](NC(=O)C1Cc2ccccc2CN1C(=O)[C@@H](NC[C@H](O)CSC(c1ccccc1)(c1ccccc1)c1ccccc1)C(C)C)C(=O)O. The Hall–Kier alpha value is -4.09. The van der Waals surface area contributed by atoms with Gasteiger partial charge in [-0.25, -0.2) is 4.79 Å². The number of nitrogens with zero attached hydrogens (tertiary/aromatic N) is 1. The van der Waals surface area contributed by atoms with E-state index in [-0.39, 0.29) is 37.8 Å². The maximum absolute atomic E-state index is 14.4. The van der Waals surface area contributed by atoms with Gasteiger partial charge in [0.05, 0.1) is 16.9 Å². The lowest BCUT2D eigenvalue weighted by atomic mass is 9.84.